The Morgan fingerprint density at radius 3 is 1.47 bits per heavy atom. The maximum Gasteiger partial charge on any atom is 0.256 e. The Labute approximate surface area is 189 Å². The molecule has 0 bridgehead atoms. The SMILES string of the molecule is CCCCCCCCCCCCCCCCCCCc1n(CCC)cc[n+]1CCC. The van der Waals surface area contributed by atoms with Crippen molar-refractivity contribution in [2.24, 2.45) is 0 Å². The molecule has 1 heterocycles. The van der Waals surface area contributed by atoms with Crippen molar-refractivity contribution in [2.75, 3.05) is 0 Å². The normalized spacial score (nSPS) is 11.4. The summed E-state index contributed by atoms with van der Waals surface area (Å²) >= 11 is 0. The second-order valence-electron chi connectivity index (χ2n) is 9.51. The summed E-state index contributed by atoms with van der Waals surface area (Å²) in [6, 6.07) is 0. The summed E-state index contributed by atoms with van der Waals surface area (Å²) < 4.78 is 4.98. The lowest BCUT2D eigenvalue weighted by Gasteiger charge is -2.05. The fourth-order valence-electron chi connectivity index (χ4n) is 4.68. The fourth-order valence-corrected chi connectivity index (χ4v) is 4.68. The van der Waals surface area contributed by atoms with Crippen LogP contribution in [0.3, 0.4) is 0 Å². The van der Waals surface area contributed by atoms with Crippen LogP contribution in [0.5, 0.6) is 0 Å². The van der Waals surface area contributed by atoms with Gasteiger partial charge in [0.15, 0.2) is 0 Å². The highest BCUT2D eigenvalue weighted by Crippen LogP contribution is 2.14. The second-order valence-corrected chi connectivity index (χ2v) is 9.51. The number of imidazole rings is 1. The lowest BCUT2D eigenvalue weighted by Crippen LogP contribution is -2.37. The zero-order chi connectivity index (χ0) is 21.7. The highest BCUT2D eigenvalue weighted by molar-refractivity contribution is 4.84. The molecule has 30 heavy (non-hydrogen) atoms. The topological polar surface area (TPSA) is 8.81 Å². The molecule has 0 aromatic carbocycles. The highest BCUT2D eigenvalue weighted by Gasteiger charge is 2.15. The zero-order valence-electron chi connectivity index (χ0n) is 21.1. The van der Waals surface area contributed by atoms with Gasteiger partial charge in [0.1, 0.15) is 12.4 Å². The Morgan fingerprint density at radius 1 is 0.567 bits per heavy atom. The predicted octanol–water partition coefficient (Wildman–Crippen LogP) is 8.79. The summed E-state index contributed by atoms with van der Waals surface area (Å²) in [5.41, 5.74) is 0. The number of aryl methyl sites for hydroxylation is 2. The molecule has 0 unspecified atom stereocenters. The van der Waals surface area contributed by atoms with Crippen LogP contribution in [-0.2, 0) is 19.5 Å². The summed E-state index contributed by atoms with van der Waals surface area (Å²) in [6.45, 7) is 9.21. The minimum atomic E-state index is 1.17. The molecule has 0 fully saturated rings. The average Bonchev–Trinajstić information content (AvgIpc) is 3.12. The number of hydrogen-bond donors (Lipinski definition) is 0. The maximum absolute atomic E-state index is 2.49. The molecule has 1 aromatic rings. The fraction of sp³-hybridized carbons (Fsp3) is 0.893. The van der Waals surface area contributed by atoms with Gasteiger partial charge in [-0.3, -0.25) is 0 Å². The van der Waals surface area contributed by atoms with E-state index >= 15 is 0 Å². The Morgan fingerprint density at radius 2 is 1.03 bits per heavy atom. The van der Waals surface area contributed by atoms with Crippen LogP contribution in [0.25, 0.3) is 0 Å². The quantitative estimate of drug-likeness (QED) is 0.131. The molecule has 0 saturated heterocycles. The summed E-state index contributed by atoms with van der Waals surface area (Å²) in [7, 11) is 0. The van der Waals surface area contributed by atoms with Gasteiger partial charge in [-0.1, -0.05) is 124 Å². The van der Waals surface area contributed by atoms with Crippen LogP contribution in [0, 0.1) is 0 Å². The monoisotopic (exact) mass is 419 g/mol. The van der Waals surface area contributed by atoms with Crippen LogP contribution in [0.1, 0.15) is 149 Å². The van der Waals surface area contributed by atoms with E-state index in [1.165, 1.54) is 142 Å². The van der Waals surface area contributed by atoms with Crippen LogP contribution < -0.4 is 4.57 Å². The van der Waals surface area contributed by atoms with Gasteiger partial charge in [0.25, 0.3) is 5.82 Å². The third kappa shape index (κ3) is 13.5. The first-order valence-electron chi connectivity index (χ1n) is 13.9. The van der Waals surface area contributed by atoms with Crippen molar-refractivity contribution in [3.05, 3.63) is 18.2 Å². The molecule has 0 aliphatic carbocycles. The van der Waals surface area contributed by atoms with Gasteiger partial charge in [-0.2, -0.15) is 0 Å². The average molecular weight is 420 g/mol. The molecule has 0 atom stereocenters. The first-order valence-corrected chi connectivity index (χ1v) is 13.9. The first kappa shape index (κ1) is 27.2. The zero-order valence-corrected chi connectivity index (χ0v) is 21.1. The summed E-state index contributed by atoms with van der Waals surface area (Å²) in [5.74, 6) is 1.56. The number of hydrogen-bond acceptors (Lipinski definition) is 0. The third-order valence-electron chi connectivity index (χ3n) is 6.52. The van der Waals surface area contributed by atoms with Gasteiger partial charge in [0, 0.05) is 6.42 Å². The van der Waals surface area contributed by atoms with Crippen molar-refractivity contribution in [1.29, 1.82) is 0 Å². The van der Waals surface area contributed by atoms with Crippen LogP contribution in [0.2, 0.25) is 0 Å². The van der Waals surface area contributed by atoms with Gasteiger partial charge in [-0.15, -0.1) is 0 Å². The standard InChI is InChI=1S/C28H55N2/c1-4-7-8-9-10-11-12-13-14-15-16-17-18-19-20-21-22-23-28-29(24-5-2)26-27-30(28)25-6-3/h26-27H,4-25H2,1-3H3/q+1. The maximum atomic E-state index is 2.49. The smallest absolute Gasteiger partial charge is 0.234 e. The molecule has 0 N–H and O–H groups in total. The first-order chi connectivity index (χ1) is 14.8. The predicted molar refractivity (Wildman–Crippen MR) is 133 cm³/mol. The van der Waals surface area contributed by atoms with Crippen molar-refractivity contribution in [3.8, 4) is 0 Å². The lowest BCUT2D eigenvalue weighted by atomic mass is 10.0. The summed E-state index contributed by atoms with van der Waals surface area (Å²) in [4.78, 5) is 0. The van der Waals surface area contributed by atoms with Crippen LogP contribution >= 0.6 is 0 Å². The van der Waals surface area contributed by atoms with E-state index in [2.05, 4.69) is 42.3 Å². The van der Waals surface area contributed by atoms with Gasteiger partial charge >= 0.3 is 0 Å². The minimum Gasteiger partial charge on any atom is -0.234 e. The molecule has 1 rings (SSSR count). The van der Waals surface area contributed by atoms with Crippen molar-refractivity contribution < 1.29 is 4.57 Å². The minimum absolute atomic E-state index is 1.17. The molecule has 0 amide bonds. The van der Waals surface area contributed by atoms with Crippen LogP contribution in [-0.4, -0.2) is 4.57 Å². The number of nitrogens with zero attached hydrogens (tertiary/aromatic N) is 2. The van der Waals surface area contributed by atoms with E-state index in [0.717, 1.165) is 0 Å². The van der Waals surface area contributed by atoms with E-state index in [0.29, 0.717) is 0 Å². The second kappa shape index (κ2) is 20.1. The number of unbranched alkanes of at least 4 members (excludes halogenated alkanes) is 16. The molecule has 0 saturated carbocycles. The molecular formula is C28H55N2+. The van der Waals surface area contributed by atoms with E-state index in [9.17, 15) is 0 Å². The molecular weight excluding hydrogens is 364 g/mol. The van der Waals surface area contributed by atoms with E-state index in [4.69, 9.17) is 0 Å². The Balaban J connectivity index is 1.91. The lowest BCUT2D eigenvalue weighted by molar-refractivity contribution is -0.703. The van der Waals surface area contributed by atoms with Crippen LogP contribution in [0.4, 0.5) is 0 Å². The van der Waals surface area contributed by atoms with Gasteiger partial charge in [-0.25, -0.2) is 9.13 Å². The molecule has 0 radical (unpaired) electrons. The summed E-state index contributed by atoms with van der Waals surface area (Å²) in [6.07, 6.45) is 32.9. The molecule has 0 aliphatic rings. The van der Waals surface area contributed by atoms with Gasteiger partial charge in [0.05, 0.1) is 13.1 Å². The molecule has 2 nitrogen and oxygen atoms in total. The van der Waals surface area contributed by atoms with Crippen molar-refractivity contribution in [1.82, 2.24) is 4.57 Å². The Hall–Kier alpha value is -0.790. The molecule has 176 valence electrons. The van der Waals surface area contributed by atoms with Crippen molar-refractivity contribution in [2.45, 2.75) is 162 Å². The van der Waals surface area contributed by atoms with Gasteiger partial charge in [-0.05, 0) is 19.3 Å². The molecule has 1 aromatic heterocycles. The van der Waals surface area contributed by atoms with E-state index in [1.54, 1.807) is 5.82 Å². The number of rotatable bonds is 22. The summed E-state index contributed by atoms with van der Waals surface area (Å²) in [5, 5.41) is 0. The largest absolute Gasteiger partial charge is 0.256 e. The molecule has 2 heteroatoms. The highest BCUT2D eigenvalue weighted by atomic mass is 15.1. The van der Waals surface area contributed by atoms with Crippen LogP contribution in [0.15, 0.2) is 12.4 Å². The Bertz CT molecular complexity index is 453. The van der Waals surface area contributed by atoms with Gasteiger partial charge in [0.2, 0.25) is 0 Å². The Kier molecular flexibility index (Phi) is 18.3. The van der Waals surface area contributed by atoms with E-state index in [1.807, 2.05) is 0 Å². The third-order valence-corrected chi connectivity index (χ3v) is 6.52. The van der Waals surface area contributed by atoms with Gasteiger partial charge < -0.3 is 0 Å². The van der Waals surface area contributed by atoms with E-state index in [-0.39, 0.29) is 0 Å². The number of aromatic nitrogens is 2. The van der Waals surface area contributed by atoms with Crippen molar-refractivity contribution >= 4 is 0 Å². The van der Waals surface area contributed by atoms with E-state index < -0.39 is 0 Å². The van der Waals surface area contributed by atoms with Crippen molar-refractivity contribution in [3.63, 3.8) is 0 Å². The molecule has 0 aliphatic heterocycles. The molecule has 0 spiro atoms.